The van der Waals surface area contributed by atoms with Crippen molar-refractivity contribution in [2.45, 2.75) is 18.2 Å². The van der Waals surface area contributed by atoms with Gasteiger partial charge in [-0.3, -0.25) is 4.31 Å². The Morgan fingerprint density at radius 3 is 2.29 bits per heavy atom. The van der Waals surface area contributed by atoms with Crippen molar-refractivity contribution < 1.29 is 22.6 Å². The molecule has 0 spiro atoms. The van der Waals surface area contributed by atoms with Crippen LogP contribution in [0.5, 0.6) is 17.2 Å². The summed E-state index contributed by atoms with van der Waals surface area (Å²) in [4.78, 5) is 0.101. The molecule has 0 N–H and O–H groups in total. The zero-order valence-electron chi connectivity index (χ0n) is 15.9. The van der Waals surface area contributed by atoms with E-state index in [9.17, 15) is 8.42 Å². The van der Waals surface area contributed by atoms with Crippen LogP contribution in [0, 0.1) is 12.3 Å². The molecule has 28 heavy (non-hydrogen) atoms. The van der Waals surface area contributed by atoms with Gasteiger partial charge in [0.2, 0.25) is 0 Å². The van der Waals surface area contributed by atoms with E-state index < -0.39 is 10.0 Å². The molecule has 2 aromatic rings. The molecule has 0 aliphatic rings. The Morgan fingerprint density at radius 1 is 1.11 bits per heavy atom. The maximum absolute atomic E-state index is 13.3. The van der Waals surface area contributed by atoms with E-state index in [0.717, 1.165) is 0 Å². The normalized spacial score (nSPS) is 10.8. The van der Waals surface area contributed by atoms with E-state index in [1.807, 2.05) is 6.92 Å². The number of rotatable bonds is 9. The SMILES string of the molecule is C#CCCN(c1cc(OC)c(Cl)cc1OC)S(=O)(=O)c1ccc(OCC)cc1. The number of benzene rings is 2. The Hall–Kier alpha value is -2.56. The second-order valence-corrected chi connectivity index (χ2v) is 7.86. The number of anilines is 1. The van der Waals surface area contributed by atoms with Crippen LogP contribution in [-0.2, 0) is 10.0 Å². The molecule has 2 rings (SSSR count). The molecule has 0 saturated heterocycles. The zero-order valence-corrected chi connectivity index (χ0v) is 17.5. The Balaban J connectivity index is 2.58. The summed E-state index contributed by atoms with van der Waals surface area (Å²) >= 11 is 6.15. The molecule has 0 fully saturated rings. The number of halogens is 1. The van der Waals surface area contributed by atoms with E-state index in [2.05, 4.69) is 5.92 Å². The van der Waals surface area contributed by atoms with E-state index in [-0.39, 0.29) is 29.3 Å². The van der Waals surface area contributed by atoms with Crippen molar-refractivity contribution in [3.8, 4) is 29.6 Å². The minimum atomic E-state index is -3.92. The van der Waals surface area contributed by atoms with Crippen LogP contribution < -0.4 is 18.5 Å². The van der Waals surface area contributed by atoms with Crippen LogP contribution in [0.3, 0.4) is 0 Å². The highest BCUT2D eigenvalue weighted by Gasteiger charge is 2.28. The van der Waals surface area contributed by atoms with E-state index in [1.165, 1.54) is 42.8 Å². The van der Waals surface area contributed by atoms with Crippen LogP contribution in [0.25, 0.3) is 0 Å². The van der Waals surface area contributed by atoms with Crippen LogP contribution in [0.1, 0.15) is 13.3 Å². The number of nitrogens with zero attached hydrogens (tertiary/aromatic N) is 1. The second-order valence-electron chi connectivity index (χ2n) is 5.59. The topological polar surface area (TPSA) is 65.1 Å². The summed E-state index contributed by atoms with van der Waals surface area (Å²) in [6.07, 6.45) is 5.59. The molecule has 0 bridgehead atoms. The van der Waals surface area contributed by atoms with Gasteiger partial charge in [-0.15, -0.1) is 12.3 Å². The molecule has 0 aliphatic heterocycles. The van der Waals surface area contributed by atoms with Gasteiger partial charge >= 0.3 is 0 Å². The molecular weight excluding hydrogens is 402 g/mol. The number of sulfonamides is 1. The molecule has 6 nitrogen and oxygen atoms in total. The van der Waals surface area contributed by atoms with Crippen LogP contribution in [-0.4, -0.2) is 35.8 Å². The van der Waals surface area contributed by atoms with Crippen LogP contribution in [0.15, 0.2) is 41.3 Å². The molecule has 0 unspecified atom stereocenters. The molecule has 0 saturated carbocycles. The number of ether oxygens (including phenoxy) is 3. The summed E-state index contributed by atoms with van der Waals surface area (Å²) in [5.74, 6) is 3.67. The van der Waals surface area contributed by atoms with Gasteiger partial charge in [-0.2, -0.15) is 0 Å². The summed E-state index contributed by atoms with van der Waals surface area (Å²) in [5, 5.41) is 0.304. The van der Waals surface area contributed by atoms with E-state index >= 15 is 0 Å². The number of methoxy groups -OCH3 is 2. The van der Waals surface area contributed by atoms with Gasteiger partial charge in [-0.1, -0.05) is 11.6 Å². The van der Waals surface area contributed by atoms with E-state index in [0.29, 0.717) is 23.1 Å². The first kappa shape index (κ1) is 21.7. The molecule has 0 heterocycles. The molecule has 150 valence electrons. The highest BCUT2D eigenvalue weighted by molar-refractivity contribution is 7.92. The van der Waals surface area contributed by atoms with Gasteiger partial charge in [0.05, 0.1) is 36.4 Å². The lowest BCUT2D eigenvalue weighted by molar-refractivity contribution is 0.340. The first-order valence-electron chi connectivity index (χ1n) is 8.49. The minimum absolute atomic E-state index is 0.0627. The molecule has 8 heteroatoms. The van der Waals surface area contributed by atoms with Crippen molar-refractivity contribution in [2.24, 2.45) is 0 Å². The monoisotopic (exact) mass is 423 g/mol. The molecule has 0 atom stereocenters. The number of terminal acetylenes is 1. The summed E-state index contributed by atoms with van der Waals surface area (Å²) < 4.78 is 43.9. The van der Waals surface area contributed by atoms with Crippen LogP contribution >= 0.6 is 11.6 Å². The first-order chi connectivity index (χ1) is 13.4. The minimum Gasteiger partial charge on any atom is -0.495 e. The molecule has 0 amide bonds. The van der Waals surface area contributed by atoms with Gasteiger partial charge < -0.3 is 14.2 Å². The van der Waals surface area contributed by atoms with Crippen molar-refractivity contribution in [2.75, 3.05) is 31.7 Å². The predicted octanol–water partition coefficient (Wildman–Crippen LogP) is 3.97. The second kappa shape index (κ2) is 9.58. The van der Waals surface area contributed by atoms with Gasteiger partial charge in [-0.25, -0.2) is 8.42 Å². The summed E-state index contributed by atoms with van der Waals surface area (Å²) in [5.41, 5.74) is 0.285. The molecule has 0 aromatic heterocycles. The van der Waals surface area contributed by atoms with Gasteiger partial charge in [-0.05, 0) is 31.2 Å². The standard InChI is InChI=1S/C20H22ClNO5S/c1-5-7-12-22(18-14-19(25-3)17(21)13-20(18)26-4)28(23,24)16-10-8-15(9-11-16)27-6-2/h1,8-11,13-14H,6-7,12H2,2-4H3. The third kappa shape index (κ3) is 4.64. The van der Waals surface area contributed by atoms with E-state index in [4.69, 9.17) is 32.2 Å². The summed E-state index contributed by atoms with van der Waals surface area (Å²) in [6.45, 7) is 2.40. The maximum atomic E-state index is 13.3. The Bertz CT molecular complexity index is 952. The third-order valence-corrected chi connectivity index (χ3v) is 6.03. The number of hydrogen-bond acceptors (Lipinski definition) is 5. The average Bonchev–Trinajstić information content (AvgIpc) is 2.69. The lowest BCUT2D eigenvalue weighted by atomic mass is 10.2. The predicted molar refractivity (Wildman–Crippen MR) is 110 cm³/mol. The Morgan fingerprint density at radius 2 is 1.75 bits per heavy atom. The largest absolute Gasteiger partial charge is 0.495 e. The third-order valence-electron chi connectivity index (χ3n) is 3.90. The Labute approximate surface area is 171 Å². The van der Waals surface area contributed by atoms with Gasteiger partial charge in [0.15, 0.2) is 0 Å². The number of hydrogen-bond donors (Lipinski definition) is 0. The Kier molecular flexibility index (Phi) is 7.44. The van der Waals surface area contributed by atoms with Crippen LogP contribution in [0.4, 0.5) is 5.69 Å². The van der Waals surface area contributed by atoms with Gasteiger partial charge in [0.1, 0.15) is 17.2 Å². The molecule has 0 aliphatic carbocycles. The molecule has 2 aromatic carbocycles. The van der Waals surface area contributed by atoms with Crippen LogP contribution in [0.2, 0.25) is 5.02 Å². The lowest BCUT2D eigenvalue weighted by Gasteiger charge is -2.26. The highest BCUT2D eigenvalue weighted by atomic mass is 35.5. The quantitative estimate of drug-likeness (QED) is 0.571. The van der Waals surface area contributed by atoms with Crippen molar-refractivity contribution in [3.05, 3.63) is 41.4 Å². The van der Waals surface area contributed by atoms with Crippen molar-refractivity contribution >= 4 is 27.3 Å². The maximum Gasteiger partial charge on any atom is 0.264 e. The zero-order chi connectivity index (χ0) is 20.7. The molecular formula is C20H22ClNO5S. The fourth-order valence-corrected chi connectivity index (χ4v) is 4.28. The van der Waals surface area contributed by atoms with Gasteiger partial charge in [0, 0.05) is 25.1 Å². The fourth-order valence-electron chi connectivity index (χ4n) is 2.58. The highest BCUT2D eigenvalue weighted by Crippen LogP contribution is 2.40. The first-order valence-corrected chi connectivity index (χ1v) is 10.3. The smallest absolute Gasteiger partial charge is 0.264 e. The lowest BCUT2D eigenvalue weighted by Crippen LogP contribution is -2.32. The summed E-state index contributed by atoms with van der Waals surface area (Å²) in [6, 6.07) is 9.21. The average molecular weight is 424 g/mol. The fraction of sp³-hybridized carbons (Fsp3) is 0.300. The van der Waals surface area contributed by atoms with E-state index in [1.54, 1.807) is 12.1 Å². The van der Waals surface area contributed by atoms with Crippen molar-refractivity contribution in [1.82, 2.24) is 0 Å². The van der Waals surface area contributed by atoms with Crippen molar-refractivity contribution in [3.63, 3.8) is 0 Å². The van der Waals surface area contributed by atoms with Crippen molar-refractivity contribution in [1.29, 1.82) is 0 Å². The molecule has 0 radical (unpaired) electrons. The van der Waals surface area contributed by atoms with Gasteiger partial charge in [0.25, 0.3) is 10.0 Å². The summed E-state index contributed by atoms with van der Waals surface area (Å²) in [7, 11) is -1.04.